The van der Waals surface area contributed by atoms with Crippen molar-refractivity contribution < 1.29 is 17.6 Å². The topological polar surface area (TPSA) is 12.0 Å². The van der Waals surface area contributed by atoms with Gasteiger partial charge >= 0.3 is 6.18 Å². The molecule has 0 amide bonds. The van der Waals surface area contributed by atoms with Crippen LogP contribution in [-0.4, -0.2) is 0 Å². The number of nitrogens with one attached hydrogen (secondary N) is 1. The third-order valence-corrected chi connectivity index (χ3v) is 3.69. The van der Waals surface area contributed by atoms with Crippen LogP contribution in [0.5, 0.6) is 0 Å². The molecular formula is C15H12BrF4N. The van der Waals surface area contributed by atoms with Crippen molar-refractivity contribution in [3.05, 3.63) is 63.9 Å². The van der Waals surface area contributed by atoms with Gasteiger partial charge in [0.2, 0.25) is 0 Å². The molecular weight excluding hydrogens is 350 g/mol. The molecule has 2 aromatic carbocycles. The van der Waals surface area contributed by atoms with Gasteiger partial charge in [0, 0.05) is 16.2 Å². The summed E-state index contributed by atoms with van der Waals surface area (Å²) in [5.74, 6) is -0.378. The molecule has 0 saturated carbocycles. The van der Waals surface area contributed by atoms with Gasteiger partial charge in [0.15, 0.2) is 0 Å². The van der Waals surface area contributed by atoms with Crippen LogP contribution in [0.3, 0.4) is 0 Å². The van der Waals surface area contributed by atoms with Crippen LogP contribution in [0.2, 0.25) is 0 Å². The van der Waals surface area contributed by atoms with E-state index < -0.39 is 11.7 Å². The molecule has 0 aliphatic carbocycles. The molecule has 0 spiro atoms. The van der Waals surface area contributed by atoms with Crippen molar-refractivity contribution in [1.29, 1.82) is 0 Å². The van der Waals surface area contributed by atoms with Crippen LogP contribution < -0.4 is 5.32 Å². The molecule has 0 radical (unpaired) electrons. The summed E-state index contributed by atoms with van der Waals surface area (Å²) >= 11 is 3.25. The van der Waals surface area contributed by atoms with E-state index in [4.69, 9.17) is 0 Å². The number of rotatable bonds is 3. The van der Waals surface area contributed by atoms with Gasteiger partial charge in [-0.25, -0.2) is 4.39 Å². The van der Waals surface area contributed by atoms with Crippen LogP contribution >= 0.6 is 15.9 Å². The molecule has 1 unspecified atom stereocenters. The van der Waals surface area contributed by atoms with Gasteiger partial charge in [0.05, 0.1) is 5.56 Å². The zero-order chi connectivity index (χ0) is 15.6. The third kappa shape index (κ3) is 3.97. The van der Waals surface area contributed by atoms with Crippen molar-refractivity contribution in [2.75, 3.05) is 5.32 Å². The average Bonchev–Trinajstić information content (AvgIpc) is 2.37. The first kappa shape index (κ1) is 15.8. The van der Waals surface area contributed by atoms with E-state index in [2.05, 4.69) is 21.2 Å². The molecule has 2 aromatic rings. The van der Waals surface area contributed by atoms with Crippen molar-refractivity contribution in [2.45, 2.75) is 19.1 Å². The average molecular weight is 362 g/mol. The molecule has 2 rings (SSSR count). The monoisotopic (exact) mass is 361 g/mol. The summed E-state index contributed by atoms with van der Waals surface area (Å²) in [7, 11) is 0. The molecule has 0 fully saturated rings. The Morgan fingerprint density at radius 3 is 2.43 bits per heavy atom. The summed E-state index contributed by atoms with van der Waals surface area (Å²) in [6.45, 7) is 1.79. The Labute approximate surface area is 128 Å². The highest BCUT2D eigenvalue weighted by atomic mass is 79.9. The Morgan fingerprint density at radius 1 is 1.10 bits per heavy atom. The number of benzene rings is 2. The number of anilines is 1. The lowest BCUT2D eigenvalue weighted by Gasteiger charge is -2.18. The Kier molecular flexibility index (Phi) is 4.56. The quantitative estimate of drug-likeness (QED) is 0.683. The van der Waals surface area contributed by atoms with E-state index in [9.17, 15) is 17.6 Å². The van der Waals surface area contributed by atoms with Gasteiger partial charge in [0.1, 0.15) is 5.82 Å². The SMILES string of the molecule is CC(Nc1cccc(C(F)(F)F)c1)c1ccc(F)cc1Br. The normalized spacial score (nSPS) is 13.0. The summed E-state index contributed by atoms with van der Waals surface area (Å²) in [5.41, 5.74) is 0.403. The summed E-state index contributed by atoms with van der Waals surface area (Å²) < 4.78 is 51.6. The molecule has 1 nitrogen and oxygen atoms in total. The van der Waals surface area contributed by atoms with Crippen LogP contribution in [0.25, 0.3) is 0 Å². The van der Waals surface area contributed by atoms with Gasteiger partial charge < -0.3 is 5.32 Å². The van der Waals surface area contributed by atoms with Crippen molar-refractivity contribution in [3.8, 4) is 0 Å². The summed E-state index contributed by atoms with van der Waals surface area (Å²) in [5, 5.41) is 2.98. The lowest BCUT2D eigenvalue weighted by atomic mass is 10.1. The third-order valence-electron chi connectivity index (χ3n) is 3.00. The van der Waals surface area contributed by atoms with Crippen LogP contribution in [-0.2, 0) is 6.18 Å². The van der Waals surface area contributed by atoms with E-state index in [1.54, 1.807) is 19.1 Å². The molecule has 0 aliphatic rings. The van der Waals surface area contributed by atoms with Crippen LogP contribution in [0.1, 0.15) is 24.1 Å². The second-order valence-corrected chi connectivity index (χ2v) is 5.46. The number of halogens is 5. The lowest BCUT2D eigenvalue weighted by molar-refractivity contribution is -0.137. The largest absolute Gasteiger partial charge is 0.416 e. The Balaban J connectivity index is 2.21. The predicted molar refractivity (Wildman–Crippen MR) is 77.6 cm³/mol. The molecule has 1 atom stereocenters. The number of hydrogen-bond donors (Lipinski definition) is 1. The summed E-state index contributed by atoms with van der Waals surface area (Å²) in [6, 6.07) is 8.91. The highest BCUT2D eigenvalue weighted by Crippen LogP contribution is 2.32. The van der Waals surface area contributed by atoms with Gasteiger partial charge in [-0.2, -0.15) is 13.2 Å². The van der Waals surface area contributed by atoms with E-state index in [1.165, 1.54) is 18.2 Å². The first-order chi connectivity index (χ1) is 9.77. The van der Waals surface area contributed by atoms with E-state index in [-0.39, 0.29) is 11.9 Å². The maximum atomic E-state index is 13.0. The fourth-order valence-electron chi connectivity index (χ4n) is 1.97. The summed E-state index contributed by atoms with van der Waals surface area (Å²) in [4.78, 5) is 0. The van der Waals surface area contributed by atoms with E-state index in [0.717, 1.165) is 17.7 Å². The first-order valence-corrected chi connectivity index (χ1v) is 6.95. The van der Waals surface area contributed by atoms with Gasteiger partial charge in [-0.3, -0.25) is 0 Å². The molecule has 0 saturated heterocycles. The molecule has 6 heteroatoms. The zero-order valence-corrected chi connectivity index (χ0v) is 12.6. The Bertz CT molecular complexity index is 640. The van der Waals surface area contributed by atoms with Gasteiger partial charge in [-0.1, -0.05) is 28.1 Å². The van der Waals surface area contributed by atoms with Crippen LogP contribution in [0, 0.1) is 5.82 Å². The van der Waals surface area contributed by atoms with Crippen LogP contribution in [0.4, 0.5) is 23.2 Å². The first-order valence-electron chi connectivity index (χ1n) is 6.16. The second-order valence-electron chi connectivity index (χ2n) is 4.61. The standard InChI is InChI=1S/C15H12BrF4N/c1-9(13-6-5-11(17)8-14(13)16)21-12-4-2-3-10(7-12)15(18,19)20/h2-9,21H,1H3. The lowest BCUT2D eigenvalue weighted by Crippen LogP contribution is -2.10. The minimum Gasteiger partial charge on any atom is -0.378 e. The Morgan fingerprint density at radius 2 is 1.81 bits per heavy atom. The van der Waals surface area contributed by atoms with Crippen molar-refractivity contribution in [3.63, 3.8) is 0 Å². The van der Waals surface area contributed by atoms with Crippen molar-refractivity contribution in [1.82, 2.24) is 0 Å². The van der Waals surface area contributed by atoms with Crippen molar-refractivity contribution in [2.24, 2.45) is 0 Å². The molecule has 0 heterocycles. The fraction of sp³-hybridized carbons (Fsp3) is 0.200. The molecule has 0 aliphatic heterocycles. The maximum Gasteiger partial charge on any atom is 0.416 e. The molecule has 112 valence electrons. The minimum atomic E-state index is -4.38. The number of alkyl halides is 3. The minimum absolute atomic E-state index is 0.275. The maximum absolute atomic E-state index is 13.0. The zero-order valence-electron chi connectivity index (χ0n) is 11.0. The molecule has 0 aromatic heterocycles. The van der Waals surface area contributed by atoms with Crippen molar-refractivity contribution >= 4 is 21.6 Å². The Hall–Kier alpha value is -1.56. The fourth-order valence-corrected chi connectivity index (χ4v) is 2.66. The molecule has 0 bridgehead atoms. The van der Waals surface area contributed by atoms with Gasteiger partial charge in [0.25, 0.3) is 0 Å². The van der Waals surface area contributed by atoms with Gasteiger partial charge in [-0.05, 0) is 42.8 Å². The van der Waals surface area contributed by atoms with Gasteiger partial charge in [-0.15, -0.1) is 0 Å². The number of hydrogen-bond acceptors (Lipinski definition) is 1. The van der Waals surface area contributed by atoms with E-state index in [0.29, 0.717) is 10.2 Å². The van der Waals surface area contributed by atoms with Crippen LogP contribution in [0.15, 0.2) is 46.9 Å². The van der Waals surface area contributed by atoms with E-state index >= 15 is 0 Å². The van der Waals surface area contributed by atoms with E-state index in [1.807, 2.05) is 0 Å². The second kappa shape index (κ2) is 6.05. The summed E-state index contributed by atoms with van der Waals surface area (Å²) in [6.07, 6.45) is -4.38. The molecule has 21 heavy (non-hydrogen) atoms. The highest BCUT2D eigenvalue weighted by molar-refractivity contribution is 9.10. The smallest absolute Gasteiger partial charge is 0.378 e. The highest BCUT2D eigenvalue weighted by Gasteiger charge is 2.30. The predicted octanol–water partition coefficient (Wildman–Crippen LogP) is 5.78. The molecule has 1 N–H and O–H groups in total.